The van der Waals surface area contributed by atoms with Gasteiger partial charge in [-0.2, -0.15) is 4.37 Å². The van der Waals surface area contributed by atoms with Gasteiger partial charge in [0.2, 0.25) is 0 Å². The van der Waals surface area contributed by atoms with Gasteiger partial charge >= 0.3 is 0 Å². The molecule has 1 aromatic heterocycles. The fraction of sp³-hybridized carbons (Fsp3) is 0.100. The average molecular weight is 251 g/mol. The summed E-state index contributed by atoms with van der Waals surface area (Å²) in [6.07, 6.45) is 1.51. The first-order chi connectivity index (χ1) is 7.66. The second kappa shape index (κ2) is 4.63. The molecular weight excluding hydrogens is 242 g/mol. The van der Waals surface area contributed by atoms with Crippen LogP contribution in [0.15, 0.2) is 33.8 Å². The van der Waals surface area contributed by atoms with E-state index in [1.54, 1.807) is 12.1 Å². The summed E-state index contributed by atoms with van der Waals surface area (Å²) >= 11 is 2.79. The van der Waals surface area contributed by atoms with E-state index in [1.807, 2.05) is 6.07 Å². The number of carbonyl (C=O) groups is 1. The molecular formula is C10H9N3OS2. The average Bonchev–Trinajstić information content (AvgIpc) is 2.73. The maximum absolute atomic E-state index is 11.3. The smallest absolute Gasteiger partial charge is 0.174 e. The van der Waals surface area contributed by atoms with Gasteiger partial charge in [-0.15, -0.1) is 0 Å². The number of benzene rings is 1. The van der Waals surface area contributed by atoms with Gasteiger partial charge in [0.05, 0.1) is 0 Å². The zero-order valence-corrected chi connectivity index (χ0v) is 10.1. The van der Waals surface area contributed by atoms with Crippen LogP contribution in [0.5, 0.6) is 0 Å². The van der Waals surface area contributed by atoms with Gasteiger partial charge in [0.15, 0.2) is 10.1 Å². The van der Waals surface area contributed by atoms with Crippen molar-refractivity contribution in [2.24, 2.45) is 0 Å². The third-order valence-electron chi connectivity index (χ3n) is 1.95. The first-order valence-corrected chi connectivity index (χ1v) is 6.11. The first-order valence-electron chi connectivity index (χ1n) is 4.52. The van der Waals surface area contributed by atoms with Crippen LogP contribution in [0.1, 0.15) is 17.3 Å². The fourth-order valence-corrected chi connectivity index (χ4v) is 2.67. The normalized spacial score (nSPS) is 10.3. The summed E-state index contributed by atoms with van der Waals surface area (Å²) in [5.41, 5.74) is 6.77. The minimum absolute atomic E-state index is 0.0304. The molecule has 0 fully saturated rings. The van der Waals surface area contributed by atoms with Gasteiger partial charge in [-0.3, -0.25) is 4.79 Å². The van der Waals surface area contributed by atoms with E-state index < -0.39 is 0 Å². The third-order valence-corrected chi connectivity index (χ3v) is 3.65. The lowest BCUT2D eigenvalue weighted by molar-refractivity contribution is 0.101. The largest absolute Gasteiger partial charge is 0.398 e. The molecule has 82 valence electrons. The van der Waals surface area contributed by atoms with E-state index in [0.717, 1.165) is 9.24 Å². The Morgan fingerprint density at radius 1 is 1.50 bits per heavy atom. The standard InChI is InChI=1S/C10H9N3OS2/c1-6(14)8-4-7(2-3-9(8)11)15-10-12-5-13-16-10/h2-5H,11H2,1H3. The quantitative estimate of drug-likeness (QED) is 0.670. The molecule has 0 saturated carbocycles. The number of anilines is 1. The number of ketones is 1. The summed E-state index contributed by atoms with van der Waals surface area (Å²) in [5, 5.41) is 0. The Balaban J connectivity index is 2.29. The van der Waals surface area contributed by atoms with Crippen LogP contribution in [-0.4, -0.2) is 15.1 Å². The molecule has 0 aliphatic carbocycles. The molecule has 1 heterocycles. The van der Waals surface area contributed by atoms with Gasteiger partial charge in [-0.1, -0.05) is 11.8 Å². The van der Waals surface area contributed by atoms with Crippen molar-refractivity contribution in [2.45, 2.75) is 16.2 Å². The van der Waals surface area contributed by atoms with Crippen molar-refractivity contribution in [3.8, 4) is 0 Å². The summed E-state index contributed by atoms with van der Waals surface area (Å²) in [4.78, 5) is 16.3. The van der Waals surface area contributed by atoms with Crippen molar-refractivity contribution in [1.29, 1.82) is 0 Å². The Kier molecular flexibility index (Phi) is 3.21. The lowest BCUT2D eigenvalue weighted by atomic mass is 10.1. The van der Waals surface area contributed by atoms with E-state index in [1.165, 1.54) is 36.5 Å². The molecule has 4 nitrogen and oxygen atoms in total. The van der Waals surface area contributed by atoms with Crippen LogP contribution >= 0.6 is 23.3 Å². The van der Waals surface area contributed by atoms with E-state index >= 15 is 0 Å². The zero-order valence-electron chi connectivity index (χ0n) is 8.51. The maximum atomic E-state index is 11.3. The number of nitrogens with zero attached hydrogens (tertiary/aromatic N) is 2. The lowest BCUT2D eigenvalue weighted by Gasteiger charge is -2.04. The van der Waals surface area contributed by atoms with E-state index in [9.17, 15) is 4.79 Å². The van der Waals surface area contributed by atoms with Crippen molar-refractivity contribution < 1.29 is 4.79 Å². The molecule has 16 heavy (non-hydrogen) atoms. The Hall–Kier alpha value is -1.40. The van der Waals surface area contributed by atoms with Gasteiger partial charge in [0.25, 0.3) is 0 Å². The van der Waals surface area contributed by atoms with E-state index in [2.05, 4.69) is 9.36 Å². The Morgan fingerprint density at radius 2 is 2.31 bits per heavy atom. The predicted octanol–water partition coefficient (Wildman–Crippen LogP) is 2.47. The van der Waals surface area contributed by atoms with Gasteiger partial charge in [0, 0.05) is 16.1 Å². The highest BCUT2D eigenvalue weighted by atomic mass is 32.2. The first kappa shape index (κ1) is 11.1. The highest BCUT2D eigenvalue weighted by Gasteiger charge is 2.07. The molecule has 0 atom stereocenters. The fourth-order valence-electron chi connectivity index (χ4n) is 1.21. The summed E-state index contributed by atoms with van der Waals surface area (Å²) < 4.78 is 4.76. The number of Topliss-reactive ketones (excluding diaryl/α,β-unsaturated/α-hetero) is 1. The number of rotatable bonds is 3. The van der Waals surface area contributed by atoms with Gasteiger partial charge < -0.3 is 5.73 Å². The van der Waals surface area contributed by atoms with Crippen molar-refractivity contribution >= 4 is 34.8 Å². The number of hydrogen-bond donors (Lipinski definition) is 1. The third kappa shape index (κ3) is 2.40. The summed E-state index contributed by atoms with van der Waals surface area (Å²) in [6.45, 7) is 1.51. The monoisotopic (exact) mass is 251 g/mol. The minimum Gasteiger partial charge on any atom is -0.398 e. The van der Waals surface area contributed by atoms with Gasteiger partial charge in [-0.05, 0) is 36.7 Å². The van der Waals surface area contributed by atoms with Crippen LogP contribution in [0.2, 0.25) is 0 Å². The predicted molar refractivity (Wildman–Crippen MR) is 64.9 cm³/mol. The van der Waals surface area contributed by atoms with Crippen LogP contribution in [0.4, 0.5) is 5.69 Å². The number of hydrogen-bond acceptors (Lipinski definition) is 6. The summed E-state index contributed by atoms with van der Waals surface area (Å²) in [6, 6.07) is 5.39. The van der Waals surface area contributed by atoms with Crippen LogP contribution in [0.3, 0.4) is 0 Å². The molecule has 0 bridgehead atoms. The van der Waals surface area contributed by atoms with Gasteiger partial charge in [-0.25, -0.2) is 4.98 Å². The topological polar surface area (TPSA) is 68.9 Å². The van der Waals surface area contributed by atoms with Crippen molar-refractivity contribution in [1.82, 2.24) is 9.36 Å². The van der Waals surface area contributed by atoms with E-state index in [0.29, 0.717) is 11.3 Å². The van der Waals surface area contributed by atoms with Crippen molar-refractivity contribution in [3.05, 3.63) is 30.1 Å². The van der Waals surface area contributed by atoms with Crippen LogP contribution in [0.25, 0.3) is 0 Å². The van der Waals surface area contributed by atoms with E-state index in [4.69, 9.17) is 5.73 Å². The Labute approximate surface area is 101 Å². The molecule has 1 aromatic carbocycles. The molecule has 0 unspecified atom stereocenters. The molecule has 0 saturated heterocycles. The number of aromatic nitrogens is 2. The molecule has 0 aliphatic rings. The molecule has 2 aromatic rings. The second-order valence-electron chi connectivity index (χ2n) is 3.11. The number of nitrogen functional groups attached to an aromatic ring is 1. The number of carbonyl (C=O) groups excluding carboxylic acids is 1. The Bertz CT molecular complexity index is 511. The van der Waals surface area contributed by atoms with Gasteiger partial charge in [0.1, 0.15) is 6.33 Å². The van der Waals surface area contributed by atoms with Crippen LogP contribution in [-0.2, 0) is 0 Å². The summed E-state index contributed by atoms with van der Waals surface area (Å²) in [5.74, 6) is -0.0304. The molecule has 0 aliphatic heterocycles. The second-order valence-corrected chi connectivity index (χ2v) is 5.22. The SMILES string of the molecule is CC(=O)c1cc(Sc2ncns2)ccc1N. The molecule has 2 rings (SSSR count). The lowest BCUT2D eigenvalue weighted by Crippen LogP contribution is -1.99. The van der Waals surface area contributed by atoms with Crippen LogP contribution < -0.4 is 5.73 Å². The maximum Gasteiger partial charge on any atom is 0.174 e. The van der Waals surface area contributed by atoms with E-state index in [-0.39, 0.29) is 5.78 Å². The molecule has 6 heteroatoms. The van der Waals surface area contributed by atoms with Crippen molar-refractivity contribution in [3.63, 3.8) is 0 Å². The highest BCUT2D eigenvalue weighted by molar-refractivity contribution is 8.01. The highest BCUT2D eigenvalue weighted by Crippen LogP contribution is 2.30. The molecule has 0 amide bonds. The minimum atomic E-state index is -0.0304. The van der Waals surface area contributed by atoms with Crippen molar-refractivity contribution in [2.75, 3.05) is 5.73 Å². The summed E-state index contributed by atoms with van der Waals surface area (Å²) in [7, 11) is 0. The zero-order chi connectivity index (χ0) is 11.5. The molecule has 0 radical (unpaired) electrons. The Morgan fingerprint density at radius 3 is 2.94 bits per heavy atom. The number of nitrogens with two attached hydrogens (primary N) is 1. The molecule has 2 N–H and O–H groups in total. The molecule has 0 spiro atoms. The van der Waals surface area contributed by atoms with Crippen LogP contribution in [0, 0.1) is 0 Å².